The molecule has 0 aromatic rings. The zero-order chi connectivity index (χ0) is 7.84. The van der Waals surface area contributed by atoms with E-state index in [4.69, 9.17) is 23.2 Å². The average molecular weight is 195 g/mol. The van der Waals surface area contributed by atoms with Crippen LogP contribution in [0.15, 0.2) is 0 Å². The Morgan fingerprint density at radius 1 is 0.909 bits per heavy atom. The quantitative estimate of drug-likeness (QED) is 0.561. The molecule has 1 aliphatic heterocycles. The molecule has 4 heteroatoms. The fourth-order valence-corrected chi connectivity index (χ4v) is 2.47. The van der Waals surface area contributed by atoms with Crippen LogP contribution in [0.5, 0.6) is 0 Å². The van der Waals surface area contributed by atoms with Gasteiger partial charge in [0.2, 0.25) is 0 Å². The van der Waals surface area contributed by atoms with E-state index in [0.717, 1.165) is 19.5 Å². The molecule has 2 N–H and O–H groups in total. The summed E-state index contributed by atoms with van der Waals surface area (Å²) in [7, 11) is 0. The maximum Gasteiger partial charge on any atom is 0.0515 e. The van der Waals surface area contributed by atoms with Gasteiger partial charge >= 0.3 is 0 Å². The molecule has 1 saturated carbocycles. The van der Waals surface area contributed by atoms with E-state index in [1.54, 1.807) is 0 Å². The largest absolute Gasteiger partial charge is 0.300 e. The van der Waals surface area contributed by atoms with Crippen molar-refractivity contribution in [2.75, 3.05) is 6.67 Å². The van der Waals surface area contributed by atoms with Gasteiger partial charge in [-0.15, -0.1) is 23.2 Å². The lowest BCUT2D eigenvalue weighted by Gasteiger charge is -2.31. The Balaban J connectivity index is 2.00. The molecular formula is C7H12Cl2N2. The first-order valence-corrected chi connectivity index (χ1v) is 4.89. The van der Waals surface area contributed by atoms with Crippen LogP contribution in [-0.4, -0.2) is 29.5 Å². The topological polar surface area (TPSA) is 24.1 Å². The van der Waals surface area contributed by atoms with Gasteiger partial charge in [-0.25, -0.2) is 0 Å². The van der Waals surface area contributed by atoms with E-state index >= 15 is 0 Å². The van der Waals surface area contributed by atoms with E-state index in [1.807, 2.05) is 0 Å². The van der Waals surface area contributed by atoms with Gasteiger partial charge in [-0.1, -0.05) is 0 Å². The zero-order valence-electron chi connectivity index (χ0n) is 6.19. The van der Waals surface area contributed by atoms with Crippen molar-refractivity contribution < 1.29 is 0 Å². The molecule has 4 atom stereocenters. The minimum Gasteiger partial charge on any atom is -0.300 e. The number of fused-ring (bicyclic) bond motifs is 1. The van der Waals surface area contributed by atoms with Crippen LogP contribution in [0.3, 0.4) is 0 Å². The summed E-state index contributed by atoms with van der Waals surface area (Å²) in [6.45, 7) is 0.905. The van der Waals surface area contributed by atoms with Crippen LogP contribution in [0.2, 0.25) is 0 Å². The molecule has 2 aliphatic rings. The molecule has 0 amide bonds. The van der Waals surface area contributed by atoms with Crippen LogP contribution < -0.4 is 10.6 Å². The van der Waals surface area contributed by atoms with E-state index in [9.17, 15) is 0 Å². The highest BCUT2D eigenvalue weighted by atomic mass is 35.5. The summed E-state index contributed by atoms with van der Waals surface area (Å²) in [6.07, 6.45) is 1.99. The van der Waals surface area contributed by atoms with Gasteiger partial charge in [0.25, 0.3) is 0 Å². The molecule has 64 valence electrons. The standard InChI is InChI=1S/C7H12Cl2N2/c8-4-1-6-7(2-5(4)9)11-3-10-6/h4-7,10-11H,1-3H2. The van der Waals surface area contributed by atoms with Crippen LogP contribution in [0.25, 0.3) is 0 Å². The lowest BCUT2D eigenvalue weighted by Crippen LogP contribution is -2.44. The van der Waals surface area contributed by atoms with Crippen LogP contribution in [0.4, 0.5) is 0 Å². The molecule has 2 rings (SSSR count). The second kappa shape index (κ2) is 3.09. The Kier molecular flexibility index (Phi) is 2.28. The third-order valence-corrected chi connectivity index (χ3v) is 3.66. The molecule has 0 radical (unpaired) electrons. The van der Waals surface area contributed by atoms with Gasteiger partial charge in [-0.05, 0) is 12.8 Å². The maximum absolute atomic E-state index is 6.03. The third kappa shape index (κ3) is 1.50. The number of hydrogen-bond donors (Lipinski definition) is 2. The zero-order valence-corrected chi connectivity index (χ0v) is 7.70. The molecule has 1 heterocycles. The lowest BCUT2D eigenvalue weighted by molar-refractivity contribution is 0.383. The van der Waals surface area contributed by atoms with Crippen molar-refractivity contribution in [3.05, 3.63) is 0 Å². The molecule has 2 fully saturated rings. The summed E-state index contributed by atoms with van der Waals surface area (Å²) in [5.41, 5.74) is 0. The number of nitrogens with one attached hydrogen (secondary N) is 2. The Morgan fingerprint density at radius 2 is 1.36 bits per heavy atom. The van der Waals surface area contributed by atoms with Crippen molar-refractivity contribution in [1.82, 2.24) is 10.6 Å². The highest BCUT2D eigenvalue weighted by Crippen LogP contribution is 2.29. The highest BCUT2D eigenvalue weighted by Gasteiger charge is 2.37. The normalized spacial score (nSPS) is 50.7. The first kappa shape index (κ1) is 8.11. The molecule has 4 unspecified atom stereocenters. The maximum atomic E-state index is 6.03. The van der Waals surface area contributed by atoms with E-state index in [2.05, 4.69) is 10.6 Å². The van der Waals surface area contributed by atoms with E-state index < -0.39 is 0 Å². The van der Waals surface area contributed by atoms with Crippen LogP contribution in [0.1, 0.15) is 12.8 Å². The smallest absolute Gasteiger partial charge is 0.0515 e. The minimum atomic E-state index is 0.144. The second-order valence-corrected chi connectivity index (χ2v) is 4.42. The summed E-state index contributed by atoms with van der Waals surface area (Å²) in [5, 5.41) is 7.00. The number of alkyl halides is 2. The van der Waals surface area contributed by atoms with Crippen molar-refractivity contribution in [3.63, 3.8) is 0 Å². The van der Waals surface area contributed by atoms with Crippen molar-refractivity contribution in [3.8, 4) is 0 Å². The van der Waals surface area contributed by atoms with Gasteiger partial charge in [0, 0.05) is 18.8 Å². The molecule has 1 aliphatic carbocycles. The third-order valence-electron chi connectivity index (χ3n) is 2.56. The molecule has 11 heavy (non-hydrogen) atoms. The van der Waals surface area contributed by atoms with Crippen LogP contribution in [-0.2, 0) is 0 Å². The SMILES string of the molecule is ClC1CC2NCNC2CC1Cl. The molecule has 1 saturated heterocycles. The van der Waals surface area contributed by atoms with E-state index in [1.165, 1.54) is 0 Å². The van der Waals surface area contributed by atoms with E-state index in [0.29, 0.717) is 12.1 Å². The average Bonchev–Trinajstić information content (AvgIpc) is 2.36. The van der Waals surface area contributed by atoms with Gasteiger partial charge in [0.15, 0.2) is 0 Å². The Labute approximate surface area is 76.6 Å². The number of rotatable bonds is 0. The fraction of sp³-hybridized carbons (Fsp3) is 1.00. The molecule has 0 spiro atoms. The van der Waals surface area contributed by atoms with E-state index in [-0.39, 0.29) is 10.8 Å². The Hall–Kier alpha value is 0.500. The summed E-state index contributed by atoms with van der Waals surface area (Å²) < 4.78 is 0. The number of hydrogen-bond acceptors (Lipinski definition) is 2. The first-order chi connectivity index (χ1) is 5.27. The monoisotopic (exact) mass is 194 g/mol. The van der Waals surface area contributed by atoms with Crippen molar-refractivity contribution in [1.29, 1.82) is 0 Å². The van der Waals surface area contributed by atoms with Gasteiger partial charge in [0.05, 0.1) is 10.8 Å². The van der Waals surface area contributed by atoms with Crippen molar-refractivity contribution >= 4 is 23.2 Å². The molecule has 0 aromatic carbocycles. The highest BCUT2D eigenvalue weighted by molar-refractivity contribution is 6.30. The number of halogens is 2. The molecule has 0 aromatic heterocycles. The van der Waals surface area contributed by atoms with Crippen molar-refractivity contribution in [2.24, 2.45) is 0 Å². The van der Waals surface area contributed by atoms with Gasteiger partial charge in [0.1, 0.15) is 0 Å². The first-order valence-electron chi connectivity index (χ1n) is 4.02. The Bertz CT molecular complexity index is 137. The predicted octanol–water partition coefficient (Wildman–Crippen LogP) is 0.882. The molecular weight excluding hydrogens is 183 g/mol. The fourth-order valence-electron chi connectivity index (χ4n) is 1.88. The lowest BCUT2D eigenvalue weighted by atomic mass is 9.91. The van der Waals surface area contributed by atoms with Gasteiger partial charge < -0.3 is 10.6 Å². The molecule has 2 nitrogen and oxygen atoms in total. The summed E-state index contributed by atoms with van der Waals surface area (Å²) in [6, 6.07) is 1.10. The van der Waals surface area contributed by atoms with Crippen molar-refractivity contribution in [2.45, 2.75) is 35.7 Å². The molecule has 0 bridgehead atoms. The minimum absolute atomic E-state index is 0.144. The summed E-state index contributed by atoms with van der Waals surface area (Å²) in [5.74, 6) is 0. The predicted molar refractivity (Wildman–Crippen MR) is 47.2 cm³/mol. The summed E-state index contributed by atoms with van der Waals surface area (Å²) >= 11 is 12.1. The van der Waals surface area contributed by atoms with Crippen LogP contribution in [0, 0.1) is 0 Å². The van der Waals surface area contributed by atoms with Gasteiger partial charge in [-0.2, -0.15) is 0 Å². The van der Waals surface area contributed by atoms with Gasteiger partial charge in [-0.3, -0.25) is 0 Å². The second-order valence-electron chi connectivity index (χ2n) is 3.30. The summed E-state index contributed by atoms with van der Waals surface area (Å²) in [4.78, 5) is 0. The Morgan fingerprint density at radius 3 is 1.82 bits per heavy atom. The van der Waals surface area contributed by atoms with Crippen LogP contribution >= 0.6 is 23.2 Å².